The zero-order chi connectivity index (χ0) is 17.6. The summed E-state index contributed by atoms with van der Waals surface area (Å²) >= 11 is 0. The highest BCUT2D eigenvalue weighted by Gasteiger charge is 2.37. The number of ether oxygens (including phenoxy) is 1. The fourth-order valence-corrected chi connectivity index (χ4v) is 3.50. The summed E-state index contributed by atoms with van der Waals surface area (Å²) in [6.07, 6.45) is 1.57. The molecule has 2 heterocycles. The highest BCUT2D eigenvalue weighted by atomic mass is 16.5. The SMILES string of the molecule is O=C(CNC(=O)c1ccccc1)N[C@@H]1C[C@H]2CO[C@@H](CCO)CN2C1. The van der Waals surface area contributed by atoms with E-state index in [0.717, 1.165) is 19.5 Å². The van der Waals surface area contributed by atoms with Crippen molar-refractivity contribution in [2.45, 2.75) is 31.0 Å². The molecule has 0 bridgehead atoms. The highest BCUT2D eigenvalue weighted by molar-refractivity contribution is 5.96. The quantitative estimate of drug-likeness (QED) is 0.661. The topological polar surface area (TPSA) is 90.9 Å². The van der Waals surface area contributed by atoms with Gasteiger partial charge in [0.2, 0.25) is 5.91 Å². The van der Waals surface area contributed by atoms with E-state index in [1.807, 2.05) is 6.07 Å². The largest absolute Gasteiger partial charge is 0.396 e. The maximum absolute atomic E-state index is 12.1. The number of amides is 2. The summed E-state index contributed by atoms with van der Waals surface area (Å²) in [6, 6.07) is 9.23. The Labute approximate surface area is 147 Å². The van der Waals surface area contributed by atoms with E-state index in [1.165, 1.54) is 0 Å². The summed E-state index contributed by atoms with van der Waals surface area (Å²) in [7, 11) is 0. The highest BCUT2D eigenvalue weighted by Crippen LogP contribution is 2.24. The number of aliphatic hydroxyl groups is 1. The van der Waals surface area contributed by atoms with Crippen LogP contribution in [0, 0.1) is 0 Å². The minimum absolute atomic E-state index is 0.0292. The summed E-state index contributed by atoms with van der Waals surface area (Å²) in [4.78, 5) is 26.4. The van der Waals surface area contributed by atoms with Crippen molar-refractivity contribution >= 4 is 11.8 Å². The average molecular weight is 347 g/mol. The lowest BCUT2D eigenvalue weighted by molar-refractivity contribution is -0.120. The van der Waals surface area contributed by atoms with Gasteiger partial charge in [0.1, 0.15) is 0 Å². The van der Waals surface area contributed by atoms with Gasteiger partial charge in [-0.05, 0) is 25.0 Å². The summed E-state index contributed by atoms with van der Waals surface area (Å²) < 4.78 is 5.74. The van der Waals surface area contributed by atoms with Crippen molar-refractivity contribution in [2.24, 2.45) is 0 Å². The van der Waals surface area contributed by atoms with Crippen molar-refractivity contribution in [2.75, 3.05) is 32.8 Å². The average Bonchev–Trinajstić information content (AvgIpc) is 3.02. The van der Waals surface area contributed by atoms with Crippen molar-refractivity contribution in [3.63, 3.8) is 0 Å². The maximum atomic E-state index is 12.1. The smallest absolute Gasteiger partial charge is 0.251 e. The fraction of sp³-hybridized carbons (Fsp3) is 0.556. The first-order valence-electron chi connectivity index (χ1n) is 8.75. The number of morpholine rings is 1. The predicted octanol–water partition coefficient (Wildman–Crippen LogP) is -0.243. The molecule has 7 nitrogen and oxygen atoms in total. The minimum Gasteiger partial charge on any atom is -0.396 e. The number of carbonyl (C=O) groups is 2. The van der Waals surface area contributed by atoms with E-state index in [4.69, 9.17) is 9.84 Å². The molecule has 136 valence electrons. The monoisotopic (exact) mass is 347 g/mol. The van der Waals surface area contributed by atoms with E-state index in [2.05, 4.69) is 15.5 Å². The van der Waals surface area contributed by atoms with Crippen LogP contribution in [0.3, 0.4) is 0 Å². The van der Waals surface area contributed by atoms with Crippen LogP contribution in [0.4, 0.5) is 0 Å². The maximum Gasteiger partial charge on any atom is 0.251 e. The van der Waals surface area contributed by atoms with Crippen LogP contribution >= 0.6 is 0 Å². The van der Waals surface area contributed by atoms with Crippen LogP contribution in [0.15, 0.2) is 30.3 Å². The van der Waals surface area contributed by atoms with Gasteiger partial charge in [0.25, 0.3) is 5.91 Å². The molecule has 25 heavy (non-hydrogen) atoms. The Kier molecular flexibility index (Phi) is 6.01. The van der Waals surface area contributed by atoms with Gasteiger partial charge in [0.05, 0.1) is 19.3 Å². The van der Waals surface area contributed by atoms with Crippen molar-refractivity contribution in [1.82, 2.24) is 15.5 Å². The van der Waals surface area contributed by atoms with Crippen molar-refractivity contribution < 1.29 is 19.4 Å². The van der Waals surface area contributed by atoms with Crippen LogP contribution in [0.25, 0.3) is 0 Å². The molecule has 1 aromatic rings. The molecular weight excluding hydrogens is 322 g/mol. The second kappa shape index (κ2) is 8.42. The van der Waals surface area contributed by atoms with E-state index in [9.17, 15) is 9.59 Å². The number of aliphatic hydroxyl groups excluding tert-OH is 1. The Bertz CT molecular complexity index is 595. The summed E-state index contributed by atoms with van der Waals surface area (Å²) in [5.41, 5.74) is 0.542. The third kappa shape index (κ3) is 4.78. The third-order valence-electron chi connectivity index (χ3n) is 4.75. The van der Waals surface area contributed by atoms with Crippen LogP contribution in [-0.2, 0) is 9.53 Å². The molecule has 7 heteroatoms. The Morgan fingerprint density at radius 3 is 2.80 bits per heavy atom. The van der Waals surface area contributed by atoms with Gasteiger partial charge in [-0.1, -0.05) is 18.2 Å². The number of benzene rings is 1. The molecule has 0 aliphatic carbocycles. The number of fused-ring (bicyclic) bond motifs is 1. The van der Waals surface area contributed by atoms with Gasteiger partial charge in [0.15, 0.2) is 0 Å². The Hall–Kier alpha value is -1.96. The number of carbonyl (C=O) groups excluding carboxylic acids is 2. The molecule has 2 amide bonds. The van der Waals surface area contributed by atoms with Gasteiger partial charge in [-0.15, -0.1) is 0 Å². The summed E-state index contributed by atoms with van der Waals surface area (Å²) in [5, 5.41) is 14.7. The zero-order valence-corrected chi connectivity index (χ0v) is 14.2. The van der Waals surface area contributed by atoms with Gasteiger partial charge >= 0.3 is 0 Å². The lowest BCUT2D eigenvalue weighted by Gasteiger charge is -2.34. The zero-order valence-electron chi connectivity index (χ0n) is 14.2. The van der Waals surface area contributed by atoms with Crippen LogP contribution in [0.1, 0.15) is 23.2 Å². The molecule has 0 spiro atoms. The molecule has 2 aliphatic heterocycles. The Balaban J connectivity index is 1.41. The van der Waals surface area contributed by atoms with E-state index in [-0.39, 0.29) is 37.1 Å². The third-order valence-corrected chi connectivity index (χ3v) is 4.75. The van der Waals surface area contributed by atoms with Crippen molar-refractivity contribution in [3.8, 4) is 0 Å². The first-order chi connectivity index (χ1) is 12.2. The summed E-state index contributed by atoms with van der Waals surface area (Å²) in [5.74, 6) is -0.429. The summed E-state index contributed by atoms with van der Waals surface area (Å²) in [6.45, 7) is 2.32. The molecular formula is C18H25N3O4. The number of nitrogens with one attached hydrogen (secondary N) is 2. The molecule has 2 fully saturated rings. The molecule has 2 saturated heterocycles. The van der Waals surface area contributed by atoms with Gasteiger partial charge in [-0.3, -0.25) is 14.5 Å². The van der Waals surface area contributed by atoms with Crippen LogP contribution < -0.4 is 10.6 Å². The molecule has 0 aromatic heterocycles. The molecule has 0 unspecified atom stereocenters. The lowest BCUT2D eigenvalue weighted by Crippen LogP contribution is -2.47. The van der Waals surface area contributed by atoms with Crippen LogP contribution in [0.5, 0.6) is 0 Å². The van der Waals surface area contributed by atoms with E-state index in [1.54, 1.807) is 24.3 Å². The van der Waals surface area contributed by atoms with Gasteiger partial charge < -0.3 is 20.5 Å². The normalized spacial score (nSPS) is 26.0. The number of hydrogen-bond acceptors (Lipinski definition) is 5. The number of hydrogen-bond donors (Lipinski definition) is 3. The molecule has 3 N–H and O–H groups in total. The van der Waals surface area contributed by atoms with Gasteiger partial charge in [-0.2, -0.15) is 0 Å². The Morgan fingerprint density at radius 2 is 2.04 bits per heavy atom. The molecule has 0 saturated carbocycles. The Morgan fingerprint density at radius 1 is 1.24 bits per heavy atom. The molecule has 0 radical (unpaired) electrons. The molecule has 3 atom stereocenters. The molecule has 3 rings (SSSR count). The minimum atomic E-state index is -0.250. The van der Waals surface area contributed by atoms with Gasteiger partial charge in [-0.25, -0.2) is 0 Å². The number of nitrogens with zero attached hydrogens (tertiary/aromatic N) is 1. The first kappa shape index (κ1) is 17.8. The van der Waals surface area contributed by atoms with Crippen LogP contribution in [0.2, 0.25) is 0 Å². The second-order valence-electron chi connectivity index (χ2n) is 6.62. The van der Waals surface area contributed by atoms with Crippen LogP contribution in [-0.4, -0.2) is 72.9 Å². The predicted molar refractivity (Wildman–Crippen MR) is 92.1 cm³/mol. The van der Waals surface area contributed by atoms with E-state index in [0.29, 0.717) is 24.6 Å². The fourth-order valence-electron chi connectivity index (χ4n) is 3.50. The van der Waals surface area contributed by atoms with Crippen molar-refractivity contribution in [3.05, 3.63) is 35.9 Å². The first-order valence-corrected chi connectivity index (χ1v) is 8.75. The standard InChI is InChI=1S/C18H25N3O4/c22-7-6-16-11-21-10-14(8-15(21)12-25-16)20-17(23)9-19-18(24)13-4-2-1-3-5-13/h1-5,14-16,22H,6-12H2,(H,19,24)(H,20,23)/t14-,15+,16+/m1/s1. The van der Waals surface area contributed by atoms with Crippen molar-refractivity contribution in [1.29, 1.82) is 0 Å². The van der Waals surface area contributed by atoms with E-state index >= 15 is 0 Å². The van der Waals surface area contributed by atoms with Gasteiger partial charge in [0, 0.05) is 37.3 Å². The van der Waals surface area contributed by atoms with E-state index < -0.39 is 0 Å². The molecule has 2 aliphatic rings. The second-order valence-corrected chi connectivity index (χ2v) is 6.62. The lowest BCUT2D eigenvalue weighted by atomic mass is 10.1. The molecule has 1 aromatic carbocycles. The number of rotatable bonds is 6.